The summed E-state index contributed by atoms with van der Waals surface area (Å²) in [4.78, 5) is 17.0. The Morgan fingerprint density at radius 3 is 2.63 bits per heavy atom. The number of ether oxygens (including phenoxy) is 2. The van der Waals surface area contributed by atoms with Gasteiger partial charge in [-0.25, -0.2) is 4.79 Å². The predicted molar refractivity (Wildman–Crippen MR) is 117 cm³/mol. The summed E-state index contributed by atoms with van der Waals surface area (Å²) < 4.78 is 12.0. The highest BCUT2D eigenvalue weighted by molar-refractivity contribution is 5.95. The number of nitrogens with zero attached hydrogens (tertiary/aromatic N) is 2. The molecule has 3 aliphatic heterocycles. The van der Waals surface area contributed by atoms with Crippen LogP contribution in [0, 0.1) is 0 Å². The molecule has 2 amide bonds. The summed E-state index contributed by atoms with van der Waals surface area (Å²) in [6.45, 7) is 6.83. The molecule has 1 fully saturated rings. The molecule has 3 aliphatic rings. The second kappa shape index (κ2) is 7.84. The van der Waals surface area contributed by atoms with E-state index in [-0.39, 0.29) is 17.6 Å². The van der Waals surface area contributed by atoms with Gasteiger partial charge in [0, 0.05) is 30.7 Å². The van der Waals surface area contributed by atoms with E-state index < -0.39 is 0 Å². The molecule has 0 saturated carbocycles. The van der Waals surface area contributed by atoms with Gasteiger partial charge in [0.1, 0.15) is 12.7 Å². The Hall–Kier alpha value is -2.73. The molecule has 3 heterocycles. The van der Waals surface area contributed by atoms with Crippen LogP contribution in [0.25, 0.3) is 0 Å². The van der Waals surface area contributed by atoms with Gasteiger partial charge in [-0.05, 0) is 56.6 Å². The van der Waals surface area contributed by atoms with E-state index in [9.17, 15) is 4.79 Å². The first-order chi connectivity index (χ1) is 14.7. The number of anilines is 1. The van der Waals surface area contributed by atoms with Gasteiger partial charge in [0.2, 0.25) is 0 Å². The summed E-state index contributed by atoms with van der Waals surface area (Å²) in [5, 5.41) is 2.97. The van der Waals surface area contributed by atoms with Crippen molar-refractivity contribution < 1.29 is 14.3 Å². The second-order valence-electron chi connectivity index (χ2n) is 8.52. The normalized spacial score (nSPS) is 22.0. The monoisotopic (exact) mass is 407 g/mol. The largest absolute Gasteiger partial charge is 0.486 e. The molecule has 6 heteroatoms. The lowest BCUT2D eigenvalue weighted by molar-refractivity contribution is 0.0453. The number of benzene rings is 2. The van der Waals surface area contributed by atoms with E-state index in [4.69, 9.17) is 9.47 Å². The van der Waals surface area contributed by atoms with Crippen LogP contribution in [0.3, 0.4) is 0 Å². The van der Waals surface area contributed by atoms with Crippen LogP contribution in [0.5, 0.6) is 11.5 Å². The summed E-state index contributed by atoms with van der Waals surface area (Å²) in [6.07, 6.45) is 2.14. The number of carbonyl (C=O) groups excluding carboxylic acids is 1. The molecule has 0 aromatic heterocycles. The van der Waals surface area contributed by atoms with Gasteiger partial charge >= 0.3 is 6.03 Å². The molecule has 158 valence electrons. The Bertz CT molecular complexity index is 923. The Labute approximate surface area is 177 Å². The molecule has 6 nitrogen and oxygen atoms in total. The Kier molecular flexibility index (Phi) is 5.03. The SMILES string of the molecule is CCNC(=O)N1CC2(CCN(CC3COc4ccccc4O3)CC2)c2ccccc21. The zero-order valence-electron chi connectivity index (χ0n) is 17.5. The van der Waals surface area contributed by atoms with Gasteiger partial charge in [-0.3, -0.25) is 9.80 Å². The summed E-state index contributed by atoms with van der Waals surface area (Å²) in [6, 6.07) is 16.3. The van der Waals surface area contributed by atoms with Crippen molar-refractivity contribution in [3.05, 3.63) is 54.1 Å². The first-order valence-electron chi connectivity index (χ1n) is 10.9. The van der Waals surface area contributed by atoms with E-state index in [1.807, 2.05) is 42.2 Å². The Morgan fingerprint density at radius 1 is 1.10 bits per heavy atom. The molecule has 1 spiro atoms. The van der Waals surface area contributed by atoms with Crippen LogP contribution >= 0.6 is 0 Å². The number of carbonyl (C=O) groups is 1. The van der Waals surface area contributed by atoms with Crippen molar-refractivity contribution in [1.29, 1.82) is 0 Å². The minimum absolute atomic E-state index is 0.00988. The molecular formula is C24H29N3O3. The molecule has 2 aromatic rings. The van der Waals surface area contributed by atoms with Crippen LogP contribution in [-0.4, -0.2) is 56.4 Å². The van der Waals surface area contributed by atoms with Crippen molar-refractivity contribution in [3.63, 3.8) is 0 Å². The molecule has 2 aromatic carbocycles. The lowest BCUT2D eigenvalue weighted by Gasteiger charge is -2.41. The quantitative estimate of drug-likeness (QED) is 0.847. The van der Waals surface area contributed by atoms with E-state index >= 15 is 0 Å². The first-order valence-corrected chi connectivity index (χ1v) is 10.9. The van der Waals surface area contributed by atoms with Gasteiger partial charge in [-0.2, -0.15) is 0 Å². The van der Waals surface area contributed by atoms with Crippen molar-refractivity contribution in [2.45, 2.75) is 31.3 Å². The summed E-state index contributed by atoms with van der Waals surface area (Å²) >= 11 is 0. The van der Waals surface area contributed by atoms with Gasteiger partial charge in [0.25, 0.3) is 0 Å². The summed E-state index contributed by atoms with van der Waals surface area (Å²) in [5.74, 6) is 1.67. The fourth-order valence-electron chi connectivity index (χ4n) is 5.09. The van der Waals surface area contributed by atoms with Crippen molar-refractivity contribution >= 4 is 11.7 Å². The summed E-state index contributed by atoms with van der Waals surface area (Å²) in [5.41, 5.74) is 2.44. The van der Waals surface area contributed by atoms with Gasteiger partial charge in [-0.15, -0.1) is 0 Å². The fourth-order valence-corrected chi connectivity index (χ4v) is 5.09. The minimum Gasteiger partial charge on any atom is -0.486 e. The van der Waals surface area contributed by atoms with E-state index in [0.717, 1.165) is 56.2 Å². The smallest absolute Gasteiger partial charge is 0.321 e. The fraction of sp³-hybridized carbons (Fsp3) is 0.458. The predicted octanol–water partition coefficient (Wildman–Crippen LogP) is 3.41. The van der Waals surface area contributed by atoms with Crippen molar-refractivity contribution in [1.82, 2.24) is 10.2 Å². The molecule has 1 saturated heterocycles. The number of nitrogens with one attached hydrogen (secondary N) is 1. The molecule has 30 heavy (non-hydrogen) atoms. The van der Waals surface area contributed by atoms with Crippen molar-refractivity contribution in [2.75, 3.05) is 44.2 Å². The van der Waals surface area contributed by atoms with Crippen LogP contribution in [0.4, 0.5) is 10.5 Å². The third-order valence-corrected chi connectivity index (χ3v) is 6.64. The van der Waals surface area contributed by atoms with E-state index in [2.05, 4.69) is 28.4 Å². The highest BCUT2D eigenvalue weighted by Crippen LogP contribution is 2.47. The Balaban J connectivity index is 1.25. The van der Waals surface area contributed by atoms with E-state index in [0.29, 0.717) is 13.2 Å². The number of likely N-dealkylation sites (tertiary alicyclic amines) is 1. The number of hydrogen-bond acceptors (Lipinski definition) is 4. The third-order valence-electron chi connectivity index (χ3n) is 6.64. The number of fused-ring (bicyclic) bond motifs is 3. The Morgan fingerprint density at radius 2 is 1.83 bits per heavy atom. The number of rotatable bonds is 3. The number of para-hydroxylation sites is 3. The minimum atomic E-state index is 0.00988. The standard InChI is InChI=1S/C24H29N3O3/c1-2-25-23(28)27-17-24(19-7-3-4-8-20(19)27)11-13-26(14-12-24)15-18-16-29-21-9-5-6-10-22(21)30-18/h3-10,18H,2,11-17H2,1H3,(H,25,28). The van der Waals surface area contributed by atoms with E-state index in [1.54, 1.807) is 0 Å². The molecular weight excluding hydrogens is 378 g/mol. The van der Waals surface area contributed by atoms with Gasteiger partial charge < -0.3 is 14.8 Å². The average molecular weight is 408 g/mol. The average Bonchev–Trinajstić information content (AvgIpc) is 3.10. The van der Waals surface area contributed by atoms with Gasteiger partial charge in [0.05, 0.1) is 0 Å². The lowest BCUT2D eigenvalue weighted by Crippen LogP contribution is -2.50. The topological polar surface area (TPSA) is 54.0 Å². The zero-order chi connectivity index (χ0) is 20.6. The third kappa shape index (κ3) is 3.39. The number of hydrogen-bond donors (Lipinski definition) is 1. The maximum Gasteiger partial charge on any atom is 0.321 e. The maximum absolute atomic E-state index is 12.6. The molecule has 0 aliphatic carbocycles. The highest BCUT2D eigenvalue weighted by atomic mass is 16.6. The van der Waals surface area contributed by atoms with Crippen LogP contribution in [0.2, 0.25) is 0 Å². The second-order valence-corrected chi connectivity index (χ2v) is 8.52. The van der Waals surface area contributed by atoms with Crippen LogP contribution in [-0.2, 0) is 5.41 Å². The molecule has 5 rings (SSSR count). The molecule has 0 bridgehead atoms. The molecule has 1 atom stereocenters. The summed E-state index contributed by atoms with van der Waals surface area (Å²) in [7, 11) is 0. The van der Waals surface area contributed by atoms with Crippen molar-refractivity contribution in [3.8, 4) is 11.5 Å². The zero-order valence-corrected chi connectivity index (χ0v) is 17.5. The lowest BCUT2D eigenvalue weighted by atomic mass is 9.74. The van der Waals surface area contributed by atoms with Crippen molar-refractivity contribution in [2.24, 2.45) is 0 Å². The van der Waals surface area contributed by atoms with Gasteiger partial charge in [-0.1, -0.05) is 30.3 Å². The molecule has 1 unspecified atom stereocenters. The molecule has 0 radical (unpaired) electrons. The molecule has 1 N–H and O–H groups in total. The van der Waals surface area contributed by atoms with Crippen LogP contribution in [0.15, 0.2) is 48.5 Å². The maximum atomic E-state index is 12.6. The van der Waals surface area contributed by atoms with E-state index in [1.165, 1.54) is 5.56 Å². The first kappa shape index (κ1) is 19.2. The highest BCUT2D eigenvalue weighted by Gasteiger charge is 2.46. The number of urea groups is 1. The number of amides is 2. The van der Waals surface area contributed by atoms with Gasteiger partial charge in [0.15, 0.2) is 11.5 Å². The van der Waals surface area contributed by atoms with Crippen LogP contribution in [0.1, 0.15) is 25.3 Å². The number of piperidine rings is 1. The van der Waals surface area contributed by atoms with Crippen LogP contribution < -0.4 is 19.7 Å².